The Bertz CT molecular complexity index is 1390. The molecule has 0 radical (unpaired) electrons. The highest BCUT2D eigenvalue weighted by Gasteiger charge is 2.20. The van der Waals surface area contributed by atoms with Gasteiger partial charge in [-0.3, -0.25) is 9.59 Å². The summed E-state index contributed by atoms with van der Waals surface area (Å²) in [5.41, 5.74) is 2.07. The molecule has 2 aromatic heterocycles. The first kappa shape index (κ1) is 24.5. The predicted molar refractivity (Wildman–Crippen MR) is 135 cm³/mol. The minimum Gasteiger partial charge on any atom is -0.493 e. The maximum Gasteiger partial charge on any atom is 0.268 e. The van der Waals surface area contributed by atoms with Gasteiger partial charge in [0, 0.05) is 35.3 Å². The first-order chi connectivity index (χ1) is 17.4. The zero-order valence-corrected chi connectivity index (χ0v) is 20.5. The van der Waals surface area contributed by atoms with Gasteiger partial charge in [0.25, 0.3) is 11.8 Å². The van der Waals surface area contributed by atoms with Crippen molar-refractivity contribution in [1.29, 1.82) is 0 Å². The van der Waals surface area contributed by atoms with Crippen LogP contribution in [0, 0.1) is 0 Å². The van der Waals surface area contributed by atoms with Gasteiger partial charge in [-0.2, -0.15) is 0 Å². The number of aryl methyl sites for hydroxylation is 1. The molecule has 2 heterocycles. The van der Waals surface area contributed by atoms with Gasteiger partial charge < -0.3 is 33.8 Å². The quantitative estimate of drug-likeness (QED) is 0.346. The second kappa shape index (κ2) is 10.7. The van der Waals surface area contributed by atoms with E-state index < -0.39 is 11.8 Å². The van der Waals surface area contributed by atoms with Crippen LogP contribution in [0.2, 0.25) is 0 Å². The molecule has 0 saturated heterocycles. The Morgan fingerprint density at radius 1 is 1.00 bits per heavy atom. The van der Waals surface area contributed by atoms with Crippen LogP contribution in [0.5, 0.6) is 17.2 Å². The second-order valence-corrected chi connectivity index (χ2v) is 7.90. The van der Waals surface area contributed by atoms with Crippen molar-refractivity contribution in [2.45, 2.75) is 6.54 Å². The number of benzene rings is 2. The van der Waals surface area contributed by atoms with Gasteiger partial charge in [0.2, 0.25) is 5.75 Å². The zero-order valence-electron chi connectivity index (χ0n) is 20.5. The highest BCUT2D eigenvalue weighted by atomic mass is 16.5. The fourth-order valence-electron chi connectivity index (χ4n) is 3.88. The molecule has 0 aliphatic heterocycles. The number of fused-ring (bicyclic) bond motifs is 1. The summed E-state index contributed by atoms with van der Waals surface area (Å²) < 4.78 is 23.3. The van der Waals surface area contributed by atoms with Gasteiger partial charge in [-0.05, 0) is 36.4 Å². The number of carbonyl (C=O) groups is 2. The molecule has 186 valence electrons. The summed E-state index contributed by atoms with van der Waals surface area (Å²) in [7, 11) is 6.33. The minimum absolute atomic E-state index is 0.0664. The molecule has 4 aromatic rings. The van der Waals surface area contributed by atoms with Crippen LogP contribution < -0.4 is 24.8 Å². The van der Waals surface area contributed by atoms with Crippen LogP contribution in [-0.2, 0) is 18.4 Å². The van der Waals surface area contributed by atoms with E-state index in [4.69, 9.17) is 18.6 Å². The lowest BCUT2D eigenvalue weighted by Gasteiger charge is -2.15. The van der Waals surface area contributed by atoms with E-state index in [-0.39, 0.29) is 17.8 Å². The normalized spacial score (nSPS) is 11.3. The standard InChI is InChI=1S/C27H27N3O6/c1-30-16-18(20-9-5-6-10-22(20)30)12-21(27(32)28-15-19-8-7-11-36-19)29-26(31)17-13-23(33-2)25(35-4)24(14-17)34-3/h5-14,16H,15H2,1-4H3,(H,28,32)(H,29,31). The lowest BCUT2D eigenvalue weighted by atomic mass is 10.1. The molecule has 0 fully saturated rings. The molecule has 0 unspecified atom stereocenters. The van der Waals surface area contributed by atoms with Crippen molar-refractivity contribution in [2.75, 3.05) is 21.3 Å². The van der Waals surface area contributed by atoms with E-state index in [0.29, 0.717) is 23.0 Å². The Morgan fingerprint density at radius 2 is 1.72 bits per heavy atom. The number of hydrogen-bond donors (Lipinski definition) is 2. The summed E-state index contributed by atoms with van der Waals surface area (Å²) >= 11 is 0. The Kier molecular flexibility index (Phi) is 7.29. The Morgan fingerprint density at radius 3 is 2.36 bits per heavy atom. The van der Waals surface area contributed by atoms with Gasteiger partial charge in [0.1, 0.15) is 11.5 Å². The number of furan rings is 1. The number of ether oxygens (including phenoxy) is 3. The number of carbonyl (C=O) groups excluding carboxylic acids is 2. The van der Waals surface area contributed by atoms with E-state index in [1.54, 1.807) is 18.2 Å². The van der Waals surface area contributed by atoms with E-state index in [0.717, 1.165) is 16.5 Å². The number of aromatic nitrogens is 1. The Hall–Kier alpha value is -4.66. The SMILES string of the molecule is COc1cc(C(=O)NC(=Cc2cn(C)c3ccccc23)C(=O)NCc2ccco2)cc(OC)c1OC. The summed E-state index contributed by atoms with van der Waals surface area (Å²) in [5, 5.41) is 6.48. The predicted octanol–water partition coefficient (Wildman–Crippen LogP) is 3.88. The van der Waals surface area contributed by atoms with Crippen LogP contribution in [0.3, 0.4) is 0 Å². The molecule has 0 aliphatic rings. The number of para-hydroxylation sites is 1. The van der Waals surface area contributed by atoms with E-state index in [2.05, 4.69) is 10.6 Å². The molecule has 0 spiro atoms. The molecule has 0 saturated carbocycles. The third-order valence-corrected chi connectivity index (χ3v) is 5.65. The monoisotopic (exact) mass is 489 g/mol. The number of nitrogens with one attached hydrogen (secondary N) is 2. The Labute approximate surface area is 208 Å². The number of methoxy groups -OCH3 is 3. The largest absolute Gasteiger partial charge is 0.493 e. The molecule has 0 atom stereocenters. The van der Waals surface area contributed by atoms with Crippen molar-refractivity contribution in [3.8, 4) is 17.2 Å². The van der Waals surface area contributed by atoms with E-state index in [1.807, 2.05) is 42.1 Å². The molecular formula is C27H27N3O6. The van der Waals surface area contributed by atoms with Gasteiger partial charge in [-0.15, -0.1) is 0 Å². The highest BCUT2D eigenvalue weighted by molar-refractivity contribution is 6.07. The van der Waals surface area contributed by atoms with Crippen molar-refractivity contribution in [3.05, 3.63) is 83.6 Å². The van der Waals surface area contributed by atoms with Crippen LogP contribution in [0.25, 0.3) is 17.0 Å². The maximum absolute atomic E-state index is 13.3. The maximum atomic E-state index is 13.3. The molecule has 9 nitrogen and oxygen atoms in total. The van der Waals surface area contributed by atoms with E-state index in [1.165, 1.54) is 39.7 Å². The van der Waals surface area contributed by atoms with Gasteiger partial charge in [-0.25, -0.2) is 0 Å². The van der Waals surface area contributed by atoms with Gasteiger partial charge in [0.05, 0.1) is 34.1 Å². The van der Waals surface area contributed by atoms with Crippen LogP contribution >= 0.6 is 0 Å². The summed E-state index contributed by atoms with van der Waals surface area (Å²) in [6, 6.07) is 14.3. The third-order valence-electron chi connectivity index (χ3n) is 5.65. The lowest BCUT2D eigenvalue weighted by Crippen LogP contribution is -2.34. The fourth-order valence-corrected chi connectivity index (χ4v) is 3.88. The van der Waals surface area contributed by atoms with Crippen molar-refractivity contribution in [1.82, 2.24) is 15.2 Å². The third kappa shape index (κ3) is 5.05. The van der Waals surface area contributed by atoms with Crippen molar-refractivity contribution >= 4 is 28.8 Å². The van der Waals surface area contributed by atoms with Crippen LogP contribution in [0.15, 0.2) is 71.1 Å². The molecule has 2 aromatic carbocycles. The number of rotatable bonds is 9. The van der Waals surface area contributed by atoms with Crippen molar-refractivity contribution in [2.24, 2.45) is 7.05 Å². The molecule has 2 N–H and O–H groups in total. The summed E-state index contributed by atoms with van der Waals surface area (Å²) in [4.78, 5) is 26.5. The molecular weight excluding hydrogens is 462 g/mol. The number of nitrogens with zero attached hydrogens (tertiary/aromatic N) is 1. The van der Waals surface area contributed by atoms with Crippen LogP contribution in [-0.4, -0.2) is 37.7 Å². The first-order valence-electron chi connectivity index (χ1n) is 11.1. The Balaban J connectivity index is 1.70. The average molecular weight is 490 g/mol. The second-order valence-electron chi connectivity index (χ2n) is 7.90. The number of amides is 2. The average Bonchev–Trinajstić information content (AvgIpc) is 3.54. The van der Waals surface area contributed by atoms with Gasteiger partial charge in [-0.1, -0.05) is 18.2 Å². The highest BCUT2D eigenvalue weighted by Crippen LogP contribution is 2.38. The molecule has 0 aliphatic carbocycles. The molecule has 2 amide bonds. The molecule has 36 heavy (non-hydrogen) atoms. The van der Waals surface area contributed by atoms with Crippen LogP contribution in [0.4, 0.5) is 0 Å². The van der Waals surface area contributed by atoms with Crippen LogP contribution in [0.1, 0.15) is 21.7 Å². The van der Waals surface area contributed by atoms with E-state index >= 15 is 0 Å². The fraction of sp³-hybridized carbons (Fsp3) is 0.185. The summed E-state index contributed by atoms with van der Waals surface area (Å²) in [5.74, 6) is 0.602. The lowest BCUT2D eigenvalue weighted by molar-refractivity contribution is -0.118. The summed E-state index contributed by atoms with van der Waals surface area (Å²) in [6.45, 7) is 0.165. The smallest absolute Gasteiger partial charge is 0.268 e. The van der Waals surface area contributed by atoms with Crippen molar-refractivity contribution < 1.29 is 28.2 Å². The number of hydrogen-bond acceptors (Lipinski definition) is 6. The van der Waals surface area contributed by atoms with Crippen molar-refractivity contribution in [3.63, 3.8) is 0 Å². The molecule has 9 heteroatoms. The molecule has 0 bridgehead atoms. The topological polar surface area (TPSA) is 104 Å². The van der Waals surface area contributed by atoms with Gasteiger partial charge >= 0.3 is 0 Å². The minimum atomic E-state index is -0.520. The summed E-state index contributed by atoms with van der Waals surface area (Å²) in [6.07, 6.45) is 5.08. The molecule has 4 rings (SSSR count). The zero-order chi connectivity index (χ0) is 25.7. The first-order valence-corrected chi connectivity index (χ1v) is 11.1. The van der Waals surface area contributed by atoms with E-state index in [9.17, 15) is 9.59 Å². The van der Waals surface area contributed by atoms with Gasteiger partial charge in [0.15, 0.2) is 11.5 Å².